The van der Waals surface area contributed by atoms with E-state index in [-0.39, 0.29) is 6.61 Å². The summed E-state index contributed by atoms with van der Waals surface area (Å²) in [5, 5.41) is 14.0. The van der Waals surface area contributed by atoms with Crippen LogP contribution in [0.3, 0.4) is 0 Å². The van der Waals surface area contributed by atoms with E-state index in [1.54, 1.807) is 0 Å². The highest BCUT2D eigenvalue weighted by Crippen LogP contribution is 2.28. The summed E-state index contributed by atoms with van der Waals surface area (Å²) in [5.74, 6) is 1.02. The molecule has 0 aliphatic carbocycles. The molecule has 0 spiro atoms. The minimum absolute atomic E-state index is 0.179. The topological polar surface area (TPSA) is 51.0 Å². The van der Waals surface area contributed by atoms with Gasteiger partial charge in [-0.1, -0.05) is 12.1 Å². The van der Waals surface area contributed by atoms with E-state index in [1.165, 1.54) is 0 Å². The first-order valence-electron chi connectivity index (χ1n) is 8.25. The molecule has 1 fully saturated rings. The first kappa shape index (κ1) is 14.9. The third-order valence-corrected chi connectivity index (χ3v) is 4.78. The van der Waals surface area contributed by atoms with Gasteiger partial charge in [0.25, 0.3) is 0 Å². The lowest BCUT2D eigenvalue weighted by Crippen LogP contribution is -2.58. The van der Waals surface area contributed by atoms with Crippen LogP contribution in [0.5, 0.6) is 0 Å². The Bertz CT molecular complexity index is 678. The number of piperazine rings is 1. The minimum Gasteiger partial charge on any atom is -0.395 e. The molecule has 7 nitrogen and oxygen atoms in total. The summed E-state index contributed by atoms with van der Waals surface area (Å²) < 4.78 is 2.26. The lowest BCUT2D eigenvalue weighted by molar-refractivity contribution is 0.0800. The number of rotatable bonds is 3. The van der Waals surface area contributed by atoms with Crippen molar-refractivity contribution in [3.63, 3.8) is 0 Å². The van der Waals surface area contributed by atoms with Crippen molar-refractivity contribution < 1.29 is 5.11 Å². The molecule has 0 atom stereocenters. The fourth-order valence-electron chi connectivity index (χ4n) is 3.43. The van der Waals surface area contributed by atoms with Gasteiger partial charge in [0.1, 0.15) is 0 Å². The number of fused-ring (bicyclic) bond motifs is 3. The van der Waals surface area contributed by atoms with Crippen LogP contribution in [0.2, 0.25) is 0 Å². The van der Waals surface area contributed by atoms with E-state index in [4.69, 9.17) is 4.98 Å². The minimum atomic E-state index is 0.179. The number of para-hydroxylation sites is 2. The van der Waals surface area contributed by atoms with Gasteiger partial charge in [0.2, 0.25) is 5.95 Å². The third-order valence-electron chi connectivity index (χ3n) is 4.78. The number of hydrogen-bond donors (Lipinski definition) is 1. The third kappa shape index (κ3) is 2.70. The number of aromatic nitrogens is 2. The Labute approximate surface area is 136 Å². The maximum atomic E-state index is 9.36. The smallest absolute Gasteiger partial charge is 0.223 e. The summed E-state index contributed by atoms with van der Waals surface area (Å²) in [6, 6.07) is 8.28. The van der Waals surface area contributed by atoms with Gasteiger partial charge in [0, 0.05) is 32.7 Å². The first-order valence-corrected chi connectivity index (χ1v) is 8.25. The fraction of sp³-hybridized carbons (Fsp3) is 0.562. The van der Waals surface area contributed by atoms with Crippen molar-refractivity contribution in [2.45, 2.75) is 6.67 Å². The molecular weight excluding hydrogens is 292 g/mol. The second kappa shape index (κ2) is 6.09. The van der Waals surface area contributed by atoms with Crippen LogP contribution in [0.25, 0.3) is 11.0 Å². The lowest BCUT2D eigenvalue weighted by atomic mass is 10.3. The van der Waals surface area contributed by atoms with Gasteiger partial charge in [-0.3, -0.25) is 14.5 Å². The van der Waals surface area contributed by atoms with Crippen LogP contribution in [0.15, 0.2) is 24.3 Å². The molecule has 1 N–H and O–H groups in total. The van der Waals surface area contributed by atoms with Gasteiger partial charge in [0.15, 0.2) is 0 Å². The second-order valence-electron chi connectivity index (χ2n) is 6.39. The van der Waals surface area contributed by atoms with Crippen LogP contribution in [-0.2, 0) is 6.67 Å². The number of likely N-dealkylation sites (N-methyl/N-ethyl adjacent to an activating group) is 1. The molecule has 3 heterocycles. The number of hydrogen-bond acceptors (Lipinski definition) is 6. The Kier molecular flexibility index (Phi) is 3.94. The maximum Gasteiger partial charge on any atom is 0.223 e. The largest absolute Gasteiger partial charge is 0.395 e. The molecule has 2 aliphatic heterocycles. The van der Waals surface area contributed by atoms with Crippen molar-refractivity contribution in [1.82, 2.24) is 24.4 Å². The Hall–Kier alpha value is -1.67. The molecule has 2 aliphatic rings. The van der Waals surface area contributed by atoms with E-state index in [0.29, 0.717) is 6.54 Å². The Morgan fingerprint density at radius 2 is 1.87 bits per heavy atom. The maximum absolute atomic E-state index is 9.36. The van der Waals surface area contributed by atoms with Crippen LogP contribution in [0.1, 0.15) is 0 Å². The molecule has 23 heavy (non-hydrogen) atoms. The number of nitrogens with zero attached hydrogens (tertiary/aromatic N) is 6. The Morgan fingerprint density at radius 3 is 2.65 bits per heavy atom. The molecule has 1 aromatic heterocycles. The van der Waals surface area contributed by atoms with Crippen molar-refractivity contribution in [1.29, 1.82) is 0 Å². The quantitative estimate of drug-likeness (QED) is 0.875. The standard InChI is InChI=1S/C16H24N6O/c1-18-6-8-20(9-7-18)22-13-19(10-11-23)12-21-15-5-3-2-4-14(15)17-16(21)22/h2-5,23H,6-13H2,1H3. The van der Waals surface area contributed by atoms with E-state index >= 15 is 0 Å². The number of hydrazine groups is 1. The van der Waals surface area contributed by atoms with Crippen LogP contribution >= 0.6 is 0 Å². The molecule has 0 unspecified atom stereocenters. The van der Waals surface area contributed by atoms with Crippen LogP contribution in [0, 0.1) is 0 Å². The van der Waals surface area contributed by atoms with Gasteiger partial charge in [-0.05, 0) is 19.2 Å². The highest BCUT2D eigenvalue weighted by Gasteiger charge is 2.30. The molecule has 0 amide bonds. The summed E-state index contributed by atoms with van der Waals surface area (Å²) >= 11 is 0. The van der Waals surface area contributed by atoms with Crippen LogP contribution in [-0.4, -0.2) is 82.5 Å². The fourth-order valence-corrected chi connectivity index (χ4v) is 3.43. The van der Waals surface area contributed by atoms with Gasteiger partial charge in [-0.25, -0.2) is 9.99 Å². The molecule has 1 saturated heterocycles. The van der Waals surface area contributed by atoms with Gasteiger partial charge in [-0.15, -0.1) is 0 Å². The average molecular weight is 316 g/mol. The molecule has 1 aromatic carbocycles. The zero-order valence-electron chi connectivity index (χ0n) is 13.6. The second-order valence-corrected chi connectivity index (χ2v) is 6.39. The summed E-state index contributed by atoms with van der Waals surface area (Å²) in [5.41, 5.74) is 2.19. The van der Waals surface area contributed by atoms with E-state index in [0.717, 1.165) is 56.5 Å². The molecule has 124 valence electrons. The lowest BCUT2D eigenvalue weighted by Gasteiger charge is -2.45. The Morgan fingerprint density at radius 1 is 1.09 bits per heavy atom. The summed E-state index contributed by atoms with van der Waals surface area (Å²) in [6.07, 6.45) is 0. The van der Waals surface area contributed by atoms with Crippen molar-refractivity contribution in [2.75, 3.05) is 58.1 Å². The predicted molar refractivity (Wildman–Crippen MR) is 89.9 cm³/mol. The summed E-state index contributed by atoms with van der Waals surface area (Å²) in [7, 11) is 2.17. The molecular formula is C16H24N6O. The van der Waals surface area contributed by atoms with Crippen molar-refractivity contribution >= 4 is 17.0 Å². The number of β-amino-alcohol motifs (C(OH)–C–C–N with tert-alkyl or cyclic N) is 1. The predicted octanol–water partition coefficient (Wildman–Crippen LogP) is 0.228. The highest BCUT2D eigenvalue weighted by atomic mass is 16.3. The van der Waals surface area contributed by atoms with Crippen molar-refractivity contribution in [3.05, 3.63) is 24.3 Å². The molecule has 2 aromatic rings. The van der Waals surface area contributed by atoms with E-state index in [9.17, 15) is 5.11 Å². The van der Waals surface area contributed by atoms with E-state index < -0.39 is 0 Å². The van der Waals surface area contributed by atoms with Gasteiger partial charge in [0.05, 0.1) is 31.0 Å². The zero-order chi connectivity index (χ0) is 15.8. The molecule has 4 rings (SSSR count). The SMILES string of the molecule is CN1CCN(N2CN(CCO)Cn3c2nc2ccccc23)CC1. The summed E-state index contributed by atoms with van der Waals surface area (Å²) in [4.78, 5) is 9.49. The number of imidazole rings is 1. The Balaban J connectivity index is 1.71. The number of benzene rings is 1. The number of aliphatic hydroxyl groups is 1. The van der Waals surface area contributed by atoms with E-state index in [1.807, 2.05) is 6.07 Å². The first-order chi connectivity index (χ1) is 11.3. The van der Waals surface area contributed by atoms with Gasteiger partial charge >= 0.3 is 0 Å². The van der Waals surface area contributed by atoms with Crippen molar-refractivity contribution in [2.24, 2.45) is 0 Å². The number of anilines is 1. The zero-order valence-corrected chi connectivity index (χ0v) is 13.6. The number of aliphatic hydroxyl groups excluding tert-OH is 1. The van der Waals surface area contributed by atoms with E-state index in [2.05, 4.69) is 49.6 Å². The van der Waals surface area contributed by atoms with Crippen LogP contribution in [0.4, 0.5) is 5.95 Å². The molecule has 0 radical (unpaired) electrons. The normalized spacial score (nSPS) is 21.0. The van der Waals surface area contributed by atoms with Gasteiger partial charge < -0.3 is 10.0 Å². The average Bonchev–Trinajstić information content (AvgIpc) is 2.94. The molecule has 7 heteroatoms. The summed E-state index contributed by atoms with van der Waals surface area (Å²) in [6.45, 7) is 6.57. The molecule has 0 saturated carbocycles. The molecule has 0 bridgehead atoms. The van der Waals surface area contributed by atoms with Crippen LogP contribution < -0.4 is 5.01 Å². The van der Waals surface area contributed by atoms with Crippen molar-refractivity contribution in [3.8, 4) is 0 Å². The highest BCUT2D eigenvalue weighted by molar-refractivity contribution is 5.78. The van der Waals surface area contributed by atoms with Gasteiger partial charge in [-0.2, -0.15) is 0 Å². The monoisotopic (exact) mass is 316 g/mol.